The SMILES string of the molecule is COC(=O)CCCNC(=O)C1(c2ccc(Br)cc2)CC1. The molecule has 1 fully saturated rings. The van der Waals surface area contributed by atoms with Crippen LogP contribution in [0.4, 0.5) is 0 Å². The third-order valence-corrected chi connectivity index (χ3v) is 4.18. The second-order valence-electron chi connectivity index (χ2n) is 5.02. The van der Waals surface area contributed by atoms with E-state index in [-0.39, 0.29) is 17.3 Å². The van der Waals surface area contributed by atoms with Gasteiger partial charge in [0.25, 0.3) is 0 Å². The zero-order valence-corrected chi connectivity index (χ0v) is 13.0. The van der Waals surface area contributed by atoms with Crippen LogP contribution in [0.25, 0.3) is 0 Å². The quantitative estimate of drug-likeness (QED) is 0.640. The first-order valence-electron chi connectivity index (χ1n) is 6.70. The molecular formula is C15H18BrNO3. The second kappa shape index (κ2) is 6.39. The van der Waals surface area contributed by atoms with Gasteiger partial charge in [-0.15, -0.1) is 0 Å². The lowest BCUT2D eigenvalue weighted by Crippen LogP contribution is -2.35. The number of halogens is 1. The third kappa shape index (κ3) is 3.39. The number of methoxy groups -OCH3 is 1. The van der Waals surface area contributed by atoms with E-state index < -0.39 is 0 Å². The van der Waals surface area contributed by atoms with Crippen LogP contribution < -0.4 is 5.32 Å². The van der Waals surface area contributed by atoms with Gasteiger partial charge in [-0.3, -0.25) is 9.59 Å². The molecule has 1 saturated carbocycles. The van der Waals surface area contributed by atoms with Crippen molar-refractivity contribution in [1.29, 1.82) is 0 Å². The minimum atomic E-state index is -0.355. The third-order valence-electron chi connectivity index (χ3n) is 3.65. The summed E-state index contributed by atoms with van der Waals surface area (Å²) in [4.78, 5) is 23.3. The Labute approximate surface area is 127 Å². The van der Waals surface area contributed by atoms with Crippen molar-refractivity contribution in [2.24, 2.45) is 0 Å². The number of nitrogens with one attached hydrogen (secondary N) is 1. The smallest absolute Gasteiger partial charge is 0.305 e. The van der Waals surface area contributed by atoms with Crippen molar-refractivity contribution in [3.8, 4) is 0 Å². The van der Waals surface area contributed by atoms with Crippen LogP contribution in [-0.2, 0) is 19.7 Å². The van der Waals surface area contributed by atoms with Crippen molar-refractivity contribution >= 4 is 27.8 Å². The Kier molecular flexibility index (Phi) is 4.81. The van der Waals surface area contributed by atoms with Crippen LogP contribution in [0.1, 0.15) is 31.2 Å². The fourth-order valence-electron chi connectivity index (χ4n) is 2.25. The minimum absolute atomic E-state index is 0.0599. The Bertz CT molecular complexity index is 494. The van der Waals surface area contributed by atoms with Gasteiger partial charge < -0.3 is 10.1 Å². The highest BCUT2D eigenvalue weighted by Gasteiger charge is 2.50. The van der Waals surface area contributed by atoms with E-state index in [0.717, 1.165) is 22.9 Å². The van der Waals surface area contributed by atoms with Gasteiger partial charge in [0.2, 0.25) is 5.91 Å². The van der Waals surface area contributed by atoms with Crippen molar-refractivity contribution in [1.82, 2.24) is 5.32 Å². The molecule has 1 amide bonds. The summed E-state index contributed by atoms with van der Waals surface area (Å²) in [6.07, 6.45) is 2.71. The Morgan fingerprint density at radius 1 is 1.30 bits per heavy atom. The molecule has 0 unspecified atom stereocenters. The van der Waals surface area contributed by atoms with Crippen LogP contribution in [0.2, 0.25) is 0 Å². The first kappa shape index (κ1) is 15.0. The van der Waals surface area contributed by atoms with E-state index in [0.29, 0.717) is 19.4 Å². The Hall–Kier alpha value is -1.36. The van der Waals surface area contributed by atoms with Crippen LogP contribution in [0.5, 0.6) is 0 Å². The molecule has 1 N–H and O–H groups in total. The molecule has 0 heterocycles. The van der Waals surface area contributed by atoms with Crippen LogP contribution in [0.3, 0.4) is 0 Å². The fraction of sp³-hybridized carbons (Fsp3) is 0.467. The van der Waals surface area contributed by atoms with Crippen molar-refractivity contribution in [2.75, 3.05) is 13.7 Å². The van der Waals surface area contributed by atoms with E-state index >= 15 is 0 Å². The Balaban J connectivity index is 1.86. The van der Waals surface area contributed by atoms with E-state index in [1.807, 2.05) is 24.3 Å². The van der Waals surface area contributed by atoms with Crippen molar-refractivity contribution in [2.45, 2.75) is 31.1 Å². The Morgan fingerprint density at radius 3 is 2.50 bits per heavy atom. The van der Waals surface area contributed by atoms with E-state index in [1.165, 1.54) is 7.11 Å². The number of carbonyl (C=O) groups is 2. The molecule has 0 aliphatic heterocycles. The molecule has 0 bridgehead atoms. The highest BCUT2D eigenvalue weighted by Crippen LogP contribution is 2.48. The molecule has 0 atom stereocenters. The van der Waals surface area contributed by atoms with Gasteiger partial charge in [0.15, 0.2) is 0 Å². The molecule has 1 aromatic carbocycles. The van der Waals surface area contributed by atoms with E-state index in [2.05, 4.69) is 26.0 Å². The number of carbonyl (C=O) groups excluding carboxylic acids is 2. The average Bonchev–Trinajstić information content (AvgIpc) is 3.25. The number of benzene rings is 1. The average molecular weight is 340 g/mol. The maximum atomic E-state index is 12.3. The topological polar surface area (TPSA) is 55.4 Å². The summed E-state index contributed by atoms with van der Waals surface area (Å²) >= 11 is 3.40. The number of amides is 1. The number of esters is 1. The summed E-state index contributed by atoms with van der Waals surface area (Å²) in [7, 11) is 1.37. The number of ether oxygens (including phenoxy) is 1. The summed E-state index contributed by atoms with van der Waals surface area (Å²) in [6.45, 7) is 0.506. The molecule has 5 heteroatoms. The van der Waals surface area contributed by atoms with Gasteiger partial charge in [-0.2, -0.15) is 0 Å². The number of hydrogen-bond donors (Lipinski definition) is 1. The molecule has 1 aliphatic carbocycles. The summed E-state index contributed by atoms with van der Waals surface area (Å²) in [5, 5.41) is 2.92. The summed E-state index contributed by atoms with van der Waals surface area (Å²) < 4.78 is 5.57. The molecule has 1 aromatic rings. The van der Waals surface area contributed by atoms with Crippen LogP contribution in [-0.4, -0.2) is 25.5 Å². The molecule has 20 heavy (non-hydrogen) atoms. The normalized spacial score (nSPS) is 15.5. The standard InChI is InChI=1S/C15H18BrNO3/c1-20-13(18)3-2-10-17-14(19)15(8-9-15)11-4-6-12(16)7-5-11/h4-7H,2-3,8-10H2,1H3,(H,17,19). The van der Waals surface area contributed by atoms with Crippen molar-refractivity contribution in [3.05, 3.63) is 34.3 Å². The predicted molar refractivity (Wildman–Crippen MR) is 79.3 cm³/mol. The van der Waals surface area contributed by atoms with Gasteiger partial charge in [0, 0.05) is 17.4 Å². The molecule has 4 nitrogen and oxygen atoms in total. The second-order valence-corrected chi connectivity index (χ2v) is 5.94. The molecular weight excluding hydrogens is 322 g/mol. The number of rotatable bonds is 6. The van der Waals surface area contributed by atoms with Crippen LogP contribution in [0, 0.1) is 0 Å². The van der Waals surface area contributed by atoms with Crippen molar-refractivity contribution < 1.29 is 14.3 Å². The minimum Gasteiger partial charge on any atom is -0.469 e. The zero-order chi connectivity index (χ0) is 14.6. The molecule has 0 spiro atoms. The molecule has 2 rings (SSSR count). The molecule has 0 saturated heterocycles. The number of hydrogen-bond acceptors (Lipinski definition) is 3. The maximum Gasteiger partial charge on any atom is 0.305 e. The zero-order valence-electron chi connectivity index (χ0n) is 11.4. The summed E-state index contributed by atoms with van der Waals surface area (Å²) in [6, 6.07) is 7.90. The van der Waals surface area contributed by atoms with Crippen molar-refractivity contribution in [3.63, 3.8) is 0 Å². The van der Waals surface area contributed by atoms with Gasteiger partial charge in [-0.25, -0.2) is 0 Å². The summed E-state index contributed by atoms with van der Waals surface area (Å²) in [5.41, 5.74) is 0.706. The van der Waals surface area contributed by atoms with Gasteiger partial charge in [0.05, 0.1) is 12.5 Å². The van der Waals surface area contributed by atoms with Gasteiger partial charge in [-0.05, 0) is 37.0 Å². The molecule has 0 aromatic heterocycles. The lowest BCUT2D eigenvalue weighted by Gasteiger charge is -2.15. The lowest BCUT2D eigenvalue weighted by atomic mass is 9.95. The largest absolute Gasteiger partial charge is 0.469 e. The maximum absolute atomic E-state index is 12.3. The van der Waals surface area contributed by atoms with Gasteiger partial charge in [0.1, 0.15) is 0 Å². The van der Waals surface area contributed by atoms with E-state index in [1.54, 1.807) is 0 Å². The lowest BCUT2D eigenvalue weighted by molar-refractivity contribution is -0.140. The Morgan fingerprint density at radius 2 is 1.95 bits per heavy atom. The summed E-state index contributed by atoms with van der Waals surface area (Å²) in [5.74, 6) is -0.182. The van der Waals surface area contributed by atoms with E-state index in [4.69, 9.17) is 0 Å². The van der Waals surface area contributed by atoms with Crippen LogP contribution in [0.15, 0.2) is 28.7 Å². The fourth-order valence-corrected chi connectivity index (χ4v) is 2.51. The highest BCUT2D eigenvalue weighted by atomic mass is 79.9. The predicted octanol–water partition coefficient (Wildman–Crippen LogP) is 2.55. The van der Waals surface area contributed by atoms with Gasteiger partial charge in [-0.1, -0.05) is 28.1 Å². The molecule has 1 aliphatic rings. The molecule has 108 valence electrons. The highest BCUT2D eigenvalue weighted by molar-refractivity contribution is 9.10. The molecule has 0 radical (unpaired) electrons. The van der Waals surface area contributed by atoms with Gasteiger partial charge >= 0.3 is 5.97 Å². The van der Waals surface area contributed by atoms with E-state index in [9.17, 15) is 9.59 Å². The first-order valence-corrected chi connectivity index (χ1v) is 7.49. The monoisotopic (exact) mass is 339 g/mol. The first-order chi connectivity index (χ1) is 9.58. The van der Waals surface area contributed by atoms with Crippen LogP contribution >= 0.6 is 15.9 Å².